The number of amides is 1. The van der Waals surface area contributed by atoms with Crippen molar-refractivity contribution in [3.05, 3.63) is 44.4 Å². The molecule has 0 spiro atoms. The van der Waals surface area contributed by atoms with Crippen molar-refractivity contribution < 1.29 is 9.18 Å². The van der Waals surface area contributed by atoms with Gasteiger partial charge in [0.1, 0.15) is 0 Å². The summed E-state index contributed by atoms with van der Waals surface area (Å²) in [6.07, 6.45) is 2.28. The second-order valence-corrected chi connectivity index (χ2v) is 6.18. The number of pyridine rings is 1. The summed E-state index contributed by atoms with van der Waals surface area (Å²) in [5.41, 5.74) is -0.00344. The predicted octanol–water partition coefficient (Wildman–Crippen LogP) is 3.80. The molecular formula is C14H15BrFN3OS. The number of thiophene rings is 1. The molecule has 4 nitrogen and oxygen atoms in total. The van der Waals surface area contributed by atoms with Crippen LogP contribution < -0.4 is 10.6 Å². The molecule has 2 N–H and O–H groups in total. The van der Waals surface area contributed by atoms with Gasteiger partial charge in [-0.1, -0.05) is 6.92 Å². The lowest BCUT2D eigenvalue weighted by atomic mass is 10.2. The van der Waals surface area contributed by atoms with Crippen LogP contribution in [0, 0.1) is 5.82 Å². The highest BCUT2D eigenvalue weighted by Crippen LogP contribution is 2.22. The van der Waals surface area contributed by atoms with E-state index in [1.807, 2.05) is 18.4 Å². The Labute approximate surface area is 134 Å². The van der Waals surface area contributed by atoms with Crippen LogP contribution in [0.3, 0.4) is 0 Å². The molecule has 0 aliphatic heterocycles. The second kappa shape index (κ2) is 7.51. The molecule has 21 heavy (non-hydrogen) atoms. The van der Waals surface area contributed by atoms with Gasteiger partial charge < -0.3 is 10.6 Å². The van der Waals surface area contributed by atoms with Crippen molar-refractivity contribution in [2.45, 2.75) is 19.9 Å². The zero-order chi connectivity index (χ0) is 15.2. The fourth-order valence-electron chi connectivity index (χ4n) is 1.69. The van der Waals surface area contributed by atoms with Gasteiger partial charge in [0, 0.05) is 22.1 Å². The lowest BCUT2D eigenvalue weighted by molar-refractivity contribution is 0.0947. The third kappa shape index (κ3) is 4.01. The Morgan fingerprint density at radius 1 is 1.48 bits per heavy atom. The topological polar surface area (TPSA) is 54.0 Å². The molecule has 2 rings (SSSR count). The van der Waals surface area contributed by atoms with Crippen LogP contribution in [0.15, 0.2) is 28.2 Å². The number of nitrogens with one attached hydrogen (secondary N) is 2. The standard InChI is InChI=1S/C14H15BrFN3OS/c1-2-5-17-13-12(16)9(3-6-18-13)14(20)19-8-11-10(15)4-7-21-11/h3-4,6-7H,2,5,8H2,1H3,(H,17,18)(H,19,20). The molecule has 0 saturated carbocycles. The van der Waals surface area contributed by atoms with Crippen molar-refractivity contribution in [2.75, 3.05) is 11.9 Å². The van der Waals surface area contributed by atoms with E-state index >= 15 is 0 Å². The van der Waals surface area contributed by atoms with Crippen LogP contribution >= 0.6 is 27.3 Å². The molecule has 0 aliphatic carbocycles. The van der Waals surface area contributed by atoms with Crippen molar-refractivity contribution in [3.63, 3.8) is 0 Å². The summed E-state index contributed by atoms with van der Waals surface area (Å²) in [4.78, 5) is 17.0. The third-order valence-corrected chi connectivity index (χ3v) is 4.70. The van der Waals surface area contributed by atoms with Crippen LogP contribution in [0.25, 0.3) is 0 Å². The highest BCUT2D eigenvalue weighted by atomic mass is 79.9. The highest BCUT2D eigenvalue weighted by molar-refractivity contribution is 9.10. The van der Waals surface area contributed by atoms with Gasteiger partial charge >= 0.3 is 0 Å². The van der Waals surface area contributed by atoms with Crippen molar-refractivity contribution in [3.8, 4) is 0 Å². The first kappa shape index (κ1) is 15.9. The summed E-state index contributed by atoms with van der Waals surface area (Å²) in [7, 11) is 0. The molecule has 7 heteroatoms. The molecule has 0 aliphatic rings. The first-order chi connectivity index (χ1) is 10.1. The van der Waals surface area contributed by atoms with E-state index in [2.05, 4.69) is 31.5 Å². The predicted molar refractivity (Wildman–Crippen MR) is 86.2 cm³/mol. The van der Waals surface area contributed by atoms with Crippen LogP contribution in [0.1, 0.15) is 28.6 Å². The number of rotatable bonds is 6. The van der Waals surface area contributed by atoms with Gasteiger partial charge in [-0.15, -0.1) is 11.3 Å². The molecule has 0 saturated heterocycles. The van der Waals surface area contributed by atoms with Crippen LogP contribution in [0.4, 0.5) is 10.2 Å². The Morgan fingerprint density at radius 2 is 2.29 bits per heavy atom. The van der Waals surface area contributed by atoms with E-state index in [4.69, 9.17) is 0 Å². The highest BCUT2D eigenvalue weighted by Gasteiger charge is 2.16. The van der Waals surface area contributed by atoms with Gasteiger partial charge in [-0.2, -0.15) is 0 Å². The van der Waals surface area contributed by atoms with E-state index in [1.165, 1.54) is 23.6 Å². The number of anilines is 1. The summed E-state index contributed by atoms with van der Waals surface area (Å²) in [6.45, 7) is 2.94. The molecule has 112 valence electrons. The summed E-state index contributed by atoms with van der Waals surface area (Å²) in [6, 6.07) is 3.29. The van der Waals surface area contributed by atoms with Crippen LogP contribution in [-0.4, -0.2) is 17.4 Å². The average Bonchev–Trinajstić information content (AvgIpc) is 2.89. The second-order valence-electron chi connectivity index (χ2n) is 4.32. The average molecular weight is 372 g/mol. The van der Waals surface area contributed by atoms with E-state index in [9.17, 15) is 9.18 Å². The number of carbonyl (C=O) groups excluding carboxylic acids is 1. The van der Waals surface area contributed by atoms with Gasteiger partial charge in [-0.25, -0.2) is 9.37 Å². The molecule has 0 unspecified atom stereocenters. The Kier molecular flexibility index (Phi) is 5.69. The Hall–Kier alpha value is -1.47. The fourth-order valence-corrected chi connectivity index (χ4v) is 3.12. The van der Waals surface area contributed by atoms with Gasteiger partial charge in [0.25, 0.3) is 5.91 Å². The van der Waals surface area contributed by atoms with Crippen molar-refractivity contribution in [2.24, 2.45) is 0 Å². The Balaban J connectivity index is 2.07. The lowest BCUT2D eigenvalue weighted by Gasteiger charge is -2.09. The van der Waals surface area contributed by atoms with Crippen molar-refractivity contribution in [1.29, 1.82) is 0 Å². The fraction of sp³-hybridized carbons (Fsp3) is 0.286. The minimum atomic E-state index is -0.617. The number of carbonyl (C=O) groups is 1. The van der Waals surface area contributed by atoms with E-state index in [1.54, 1.807) is 0 Å². The molecule has 2 aromatic rings. The minimum Gasteiger partial charge on any atom is -0.368 e. The van der Waals surface area contributed by atoms with Gasteiger partial charge in [-0.3, -0.25) is 4.79 Å². The SMILES string of the molecule is CCCNc1nccc(C(=O)NCc2sccc2Br)c1F. The largest absolute Gasteiger partial charge is 0.368 e. The third-order valence-electron chi connectivity index (χ3n) is 2.78. The van der Waals surface area contributed by atoms with Crippen LogP contribution in [0.2, 0.25) is 0 Å². The van der Waals surface area contributed by atoms with Crippen LogP contribution in [0.5, 0.6) is 0 Å². The van der Waals surface area contributed by atoms with Crippen molar-refractivity contribution in [1.82, 2.24) is 10.3 Å². The first-order valence-electron chi connectivity index (χ1n) is 6.52. The number of hydrogen-bond acceptors (Lipinski definition) is 4. The molecule has 0 radical (unpaired) electrons. The lowest BCUT2D eigenvalue weighted by Crippen LogP contribution is -2.24. The van der Waals surface area contributed by atoms with Crippen LogP contribution in [-0.2, 0) is 6.54 Å². The molecule has 0 atom stereocenters. The molecule has 2 aromatic heterocycles. The summed E-state index contributed by atoms with van der Waals surface area (Å²) in [5, 5.41) is 7.50. The number of nitrogens with zero attached hydrogens (tertiary/aromatic N) is 1. The molecule has 0 bridgehead atoms. The first-order valence-corrected chi connectivity index (χ1v) is 8.19. The number of halogens is 2. The van der Waals surface area contributed by atoms with Crippen molar-refractivity contribution >= 4 is 39.0 Å². The molecular weight excluding hydrogens is 357 g/mol. The van der Waals surface area contributed by atoms with Gasteiger partial charge in [0.05, 0.1) is 12.1 Å². The monoisotopic (exact) mass is 371 g/mol. The summed E-state index contributed by atoms with van der Waals surface area (Å²) < 4.78 is 15.1. The zero-order valence-corrected chi connectivity index (χ0v) is 13.9. The Bertz CT molecular complexity index is 632. The van der Waals surface area contributed by atoms with E-state index in [0.717, 1.165) is 15.8 Å². The number of hydrogen-bond donors (Lipinski definition) is 2. The molecule has 2 heterocycles. The molecule has 1 amide bonds. The summed E-state index contributed by atoms with van der Waals surface area (Å²) in [5.74, 6) is -0.953. The quantitative estimate of drug-likeness (QED) is 0.811. The zero-order valence-electron chi connectivity index (χ0n) is 11.5. The maximum Gasteiger partial charge on any atom is 0.254 e. The normalized spacial score (nSPS) is 10.4. The van der Waals surface area contributed by atoms with E-state index in [0.29, 0.717) is 13.1 Å². The minimum absolute atomic E-state index is 0.00344. The Morgan fingerprint density at radius 3 is 2.95 bits per heavy atom. The van der Waals surface area contributed by atoms with Gasteiger partial charge in [0.15, 0.2) is 11.6 Å². The maximum atomic E-state index is 14.2. The van der Waals surface area contributed by atoms with Gasteiger partial charge in [-0.05, 0) is 39.9 Å². The number of aromatic nitrogens is 1. The maximum absolute atomic E-state index is 14.2. The van der Waals surface area contributed by atoms with Gasteiger partial charge in [0.2, 0.25) is 0 Å². The van der Waals surface area contributed by atoms with E-state index < -0.39 is 11.7 Å². The molecule has 0 fully saturated rings. The summed E-state index contributed by atoms with van der Waals surface area (Å²) >= 11 is 4.92. The smallest absolute Gasteiger partial charge is 0.254 e. The van der Waals surface area contributed by atoms with E-state index in [-0.39, 0.29) is 11.4 Å². The molecule has 0 aromatic carbocycles.